The van der Waals surface area contributed by atoms with E-state index in [1.807, 2.05) is 0 Å². The van der Waals surface area contributed by atoms with E-state index in [1.54, 1.807) is 34.6 Å². The fraction of sp³-hybridized carbons (Fsp3) is 0.550. The maximum Gasteiger partial charge on any atom is 0.325 e. The Hall–Kier alpha value is -2.12. The van der Waals surface area contributed by atoms with E-state index in [9.17, 15) is 23.4 Å². The van der Waals surface area contributed by atoms with Crippen LogP contribution in [-0.2, 0) is 19.6 Å². The fourth-order valence-corrected chi connectivity index (χ4v) is 4.98. The van der Waals surface area contributed by atoms with Crippen LogP contribution in [0.4, 0.5) is 0 Å². The first-order chi connectivity index (χ1) is 13.2. The van der Waals surface area contributed by atoms with E-state index in [2.05, 4.69) is 11.8 Å². The highest BCUT2D eigenvalue weighted by Crippen LogP contribution is 2.33. The normalized spacial score (nSPS) is 22.4. The molecule has 0 aromatic heterocycles. The third-order valence-electron chi connectivity index (χ3n) is 4.26. The lowest BCUT2D eigenvalue weighted by atomic mass is 9.96. The van der Waals surface area contributed by atoms with E-state index in [0.29, 0.717) is 5.75 Å². The molecule has 1 saturated heterocycles. The lowest BCUT2D eigenvalue weighted by molar-refractivity contribution is -0.174. The molecule has 0 bridgehead atoms. The summed E-state index contributed by atoms with van der Waals surface area (Å²) in [6.07, 6.45) is -0.452. The third kappa shape index (κ3) is 5.70. The van der Waals surface area contributed by atoms with Crippen LogP contribution in [0.25, 0.3) is 0 Å². The molecule has 2 atom stereocenters. The Morgan fingerprint density at radius 3 is 2.45 bits per heavy atom. The quantitative estimate of drug-likeness (QED) is 0.687. The molecule has 0 saturated carbocycles. The van der Waals surface area contributed by atoms with Crippen molar-refractivity contribution in [3.63, 3.8) is 0 Å². The number of ether oxygens (including phenoxy) is 2. The molecule has 0 spiro atoms. The first kappa shape index (κ1) is 23.2. The van der Waals surface area contributed by atoms with E-state index >= 15 is 0 Å². The van der Waals surface area contributed by atoms with Gasteiger partial charge >= 0.3 is 5.97 Å². The zero-order chi connectivity index (χ0) is 22.0. The summed E-state index contributed by atoms with van der Waals surface area (Å²) in [6, 6.07) is 4.32. The minimum atomic E-state index is -4.07. The van der Waals surface area contributed by atoms with E-state index in [4.69, 9.17) is 9.47 Å². The van der Waals surface area contributed by atoms with Crippen molar-refractivity contribution in [3.05, 3.63) is 24.3 Å². The van der Waals surface area contributed by atoms with Gasteiger partial charge in [-0.3, -0.25) is 4.79 Å². The van der Waals surface area contributed by atoms with Crippen LogP contribution in [0.3, 0.4) is 0 Å². The molecule has 1 aliphatic rings. The van der Waals surface area contributed by atoms with Crippen molar-refractivity contribution in [2.24, 2.45) is 0 Å². The highest BCUT2D eigenvalue weighted by atomic mass is 32.2. The van der Waals surface area contributed by atoms with Crippen molar-refractivity contribution in [2.45, 2.75) is 62.9 Å². The Balaban J connectivity index is 2.23. The molecule has 1 heterocycles. The summed E-state index contributed by atoms with van der Waals surface area (Å²) >= 11 is 0. The van der Waals surface area contributed by atoms with Gasteiger partial charge in [-0.2, -0.15) is 4.31 Å². The first-order valence-electron chi connectivity index (χ1n) is 9.12. The van der Waals surface area contributed by atoms with Gasteiger partial charge in [-0.1, -0.05) is 11.8 Å². The van der Waals surface area contributed by atoms with Crippen molar-refractivity contribution in [1.29, 1.82) is 0 Å². The summed E-state index contributed by atoms with van der Waals surface area (Å²) in [4.78, 5) is 11.8. The number of hydrogen-bond donors (Lipinski definition) is 2. The molecule has 1 aromatic rings. The van der Waals surface area contributed by atoms with Crippen molar-refractivity contribution < 1.29 is 32.9 Å². The van der Waals surface area contributed by atoms with Gasteiger partial charge in [-0.15, -0.1) is 0 Å². The standard InChI is InChI=1S/C20H27NO7S/c1-14-13-21(17(18(22)23)20(4,5)28-14)29(25,26)16-9-7-15(8-10-16)27-12-6-11-19(2,3)24/h7-10,14,17,24H,12-13H2,1-5H3,(H,22,23). The van der Waals surface area contributed by atoms with Gasteiger partial charge in [0.05, 0.1) is 16.6 Å². The van der Waals surface area contributed by atoms with Crippen molar-refractivity contribution in [1.82, 2.24) is 4.31 Å². The molecule has 160 valence electrons. The lowest BCUT2D eigenvalue weighted by Crippen LogP contribution is -2.63. The Kier molecular flexibility index (Phi) is 6.65. The number of carboxylic acid groups (broad SMARTS) is 1. The van der Waals surface area contributed by atoms with Crippen molar-refractivity contribution in [3.8, 4) is 17.6 Å². The molecule has 0 amide bonds. The second-order valence-electron chi connectivity index (χ2n) is 7.97. The van der Waals surface area contributed by atoms with Crippen LogP contribution >= 0.6 is 0 Å². The van der Waals surface area contributed by atoms with Crippen LogP contribution < -0.4 is 4.74 Å². The predicted molar refractivity (Wildman–Crippen MR) is 106 cm³/mol. The first-order valence-corrected chi connectivity index (χ1v) is 10.6. The van der Waals surface area contributed by atoms with Gasteiger partial charge in [-0.25, -0.2) is 8.42 Å². The van der Waals surface area contributed by atoms with Gasteiger partial charge in [-0.05, 0) is 58.9 Å². The molecule has 0 radical (unpaired) electrons. The summed E-state index contributed by atoms with van der Waals surface area (Å²) in [5, 5.41) is 19.2. The number of aliphatic hydroxyl groups is 1. The number of morpholine rings is 1. The van der Waals surface area contributed by atoms with Crippen molar-refractivity contribution >= 4 is 16.0 Å². The molecule has 1 fully saturated rings. The van der Waals surface area contributed by atoms with Crippen LogP contribution in [0.5, 0.6) is 5.75 Å². The molecule has 2 rings (SSSR count). The van der Waals surface area contributed by atoms with E-state index in [-0.39, 0.29) is 18.0 Å². The Morgan fingerprint density at radius 1 is 1.34 bits per heavy atom. The van der Waals surface area contributed by atoms with Crippen LogP contribution in [0.2, 0.25) is 0 Å². The van der Waals surface area contributed by atoms with Crippen LogP contribution in [0, 0.1) is 11.8 Å². The second kappa shape index (κ2) is 8.32. The molecule has 29 heavy (non-hydrogen) atoms. The van der Waals surface area contributed by atoms with Gasteiger partial charge in [0.15, 0.2) is 6.04 Å². The van der Waals surface area contributed by atoms with Gasteiger partial charge in [0, 0.05) is 6.54 Å². The number of rotatable bonds is 5. The molecule has 1 aliphatic heterocycles. The zero-order valence-corrected chi connectivity index (χ0v) is 18.0. The Bertz CT molecular complexity index is 905. The average Bonchev–Trinajstić information content (AvgIpc) is 2.56. The van der Waals surface area contributed by atoms with Crippen LogP contribution in [0.1, 0.15) is 34.6 Å². The maximum atomic E-state index is 13.1. The van der Waals surface area contributed by atoms with Crippen LogP contribution in [0.15, 0.2) is 29.2 Å². The van der Waals surface area contributed by atoms with Gasteiger partial charge in [0.2, 0.25) is 10.0 Å². The molecule has 0 aliphatic carbocycles. The third-order valence-corrected chi connectivity index (χ3v) is 6.10. The molecule has 1 aromatic carbocycles. The second-order valence-corrected chi connectivity index (χ2v) is 9.86. The highest BCUT2D eigenvalue weighted by molar-refractivity contribution is 7.89. The van der Waals surface area contributed by atoms with E-state index in [0.717, 1.165) is 4.31 Å². The van der Waals surface area contributed by atoms with Gasteiger partial charge in [0.1, 0.15) is 18.0 Å². The number of aliphatic carboxylic acids is 1. The number of nitrogens with zero attached hydrogens (tertiary/aromatic N) is 1. The number of carbonyl (C=O) groups is 1. The smallest absolute Gasteiger partial charge is 0.325 e. The Morgan fingerprint density at radius 2 is 1.93 bits per heavy atom. The van der Waals surface area contributed by atoms with Crippen LogP contribution in [-0.4, -0.2) is 65.4 Å². The zero-order valence-electron chi connectivity index (χ0n) is 17.2. The molecular weight excluding hydrogens is 398 g/mol. The minimum Gasteiger partial charge on any atom is -0.481 e. The Labute approximate surface area is 171 Å². The average molecular weight is 426 g/mol. The fourth-order valence-electron chi connectivity index (χ4n) is 3.20. The summed E-state index contributed by atoms with van der Waals surface area (Å²) in [5.41, 5.74) is -2.30. The maximum absolute atomic E-state index is 13.1. The number of benzene rings is 1. The molecule has 8 nitrogen and oxygen atoms in total. The lowest BCUT2D eigenvalue weighted by Gasteiger charge is -2.45. The summed E-state index contributed by atoms with van der Waals surface area (Å²) in [6.45, 7) is 7.91. The largest absolute Gasteiger partial charge is 0.481 e. The number of carboxylic acids is 1. The molecular formula is C20H27NO7S. The summed E-state index contributed by atoms with van der Waals surface area (Å²) in [5.74, 6) is 4.42. The van der Waals surface area contributed by atoms with E-state index < -0.39 is 39.3 Å². The summed E-state index contributed by atoms with van der Waals surface area (Å²) < 4.78 is 38.3. The van der Waals surface area contributed by atoms with Gasteiger partial charge < -0.3 is 19.7 Å². The SMILES string of the molecule is CC1CN(S(=O)(=O)c2ccc(OCC#CC(C)(C)O)cc2)C(C(=O)O)C(C)(C)O1. The predicted octanol–water partition coefficient (Wildman–Crippen LogP) is 1.48. The minimum absolute atomic E-state index is 0.0341. The number of sulfonamides is 1. The van der Waals surface area contributed by atoms with Gasteiger partial charge in [0.25, 0.3) is 0 Å². The summed E-state index contributed by atoms with van der Waals surface area (Å²) in [7, 11) is -4.07. The molecule has 9 heteroatoms. The van der Waals surface area contributed by atoms with E-state index in [1.165, 1.54) is 24.3 Å². The topological polar surface area (TPSA) is 113 Å². The molecule has 2 N–H and O–H groups in total. The monoisotopic (exact) mass is 425 g/mol. The van der Waals surface area contributed by atoms with Crippen molar-refractivity contribution in [2.75, 3.05) is 13.2 Å². The number of hydrogen-bond acceptors (Lipinski definition) is 6. The highest BCUT2D eigenvalue weighted by Gasteiger charge is 2.50. The molecule has 2 unspecified atom stereocenters.